The van der Waals surface area contributed by atoms with Crippen LogP contribution in [0.25, 0.3) is 0 Å². The van der Waals surface area contributed by atoms with Gasteiger partial charge in [-0.05, 0) is 93.3 Å². The zero-order chi connectivity index (χ0) is 24.8. The van der Waals surface area contributed by atoms with E-state index in [0.717, 1.165) is 57.4 Å². The molecule has 0 fully saturated rings. The lowest BCUT2D eigenvalue weighted by molar-refractivity contribution is 0.0700. The minimum atomic E-state index is -2.52. The number of unbranched alkanes of at least 4 members (excludes halogenated alkanes) is 3. The molecule has 200 valence electrons. The molecule has 0 unspecified atom stereocenters. The molecule has 0 atom stereocenters. The van der Waals surface area contributed by atoms with Crippen molar-refractivity contribution >= 4 is 17.6 Å². The van der Waals surface area contributed by atoms with Crippen LogP contribution in [-0.2, 0) is 26.6 Å². The van der Waals surface area contributed by atoms with Gasteiger partial charge in [0, 0.05) is 51.7 Å². The highest BCUT2D eigenvalue weighted by atomic mass is 28.4. The monoisotopic (exact) mass is 509 g/mol. The van der Waals surface area contributed by atoms with Crippen molar-refractivity contribution in [3.05, 3.63) is 0 Å². The molecule has 0 saturated heterocycles. The third-order valence-electron chi connectivity index (χ3n) is 5.43. The van der Waals surface area contributed by atoms with Gasteiger partial charge in [-0.25, -0.2) is 0 Å². The molecular weight excluding hydrogens is 454 g/mol. The smallest absolute Gasteiger partial charge is 0.374 e. The number of hydrogen-bond acceptors (Lipinski definition) is 7. The van der Waals surface area contributed by atoms with Crippen molar-refractivity contribution in [3.8, 4) is 0 Å². The first-order valence-electron chi connectivity index (χ1n) is 13.6. The molecule has 0 aromatic rings. The maximum Gasteiger partial charge on any atom is 0.500 e. The lowest BCUT2D eigenvalue weighted by Gasteiger charge is -2.29. The Morgan fingerprint density at radius 3 is 1.00 bits per heavy atom. The number of rotatable bonds is 25. The number of nitrogens with zero attached hydrogens (tertiary/aromatic N) is 1. The van der Waals surface area contributed by atoms with Crippen molar-refractivity contribution in [2.24, 2.45) is 0 Å². The normalized spacial score (nSPS) is 12.7. The van der Waals surface area contributed by atoms with Gasteiger partial charge in [0.15, 0.2) is 0 Å². The topological polar surface area (TPSA) is 58.6 Å². The third kappa shape index (κ3) is 15.0. The summed E-state index contributed by atoms with van der Waals surface area (Å²) >= 11 is 0. The molecule has 0 spiro atoms. The minimum absolute atomic E-state index is 0.644. The van der Waals surface area contributed by atoms with Gasteiger partial charge >= 0.3 is 17.6 Å². The maximum absolute atomic E-state index is 6.00. The molecule has 33 heavy (non-hydrogen) atoms. The van der Waals surface area contributed by atoms with Crippen molar-refractivity contribution in [3.63, 3.8) is 0 Å². The first kappa shape index (κ1) is 33.2. The molecule has 0 aromatic heterocycles. The first-order valence-corrected chi connectivity index (χ1v) is 17.4. The summed E-state index contributed by atoms with van der Waals surface area (Å²) in [5, 5.41) is 0. The predicted molar refractivity (Wildman–Crippen MR) is 141 cm³/mol. The molecule has 0 N–H and O–H groups in total. The van der Waals surface area contributed by atoms with Crippen LogP contribution in [0.5, 0.6) is 0 Å². The van der Waals surface area contributed by atoms with E-state index >= 15 is 0 Å². The highest BCUT2D eigenvalue weighted by Crippen LogP contribution is 2.21. The van der Waals surface area contributed by atoms with E-state index in [4.69, 9.17) is 26.6 Å². The Bertz CT molecular complexity index is 366. The molecule has 0 bridgehead atoms. The average molecular weight is 510 g/mol. The first-order chi connectivity index (χ1) is 16.0. The average Bonchev–Trinajstić information content (AvgIpc) is 2.78. The van der Waals surface area contributed by atoms with E-state index in [9.17, 15) is 0 Å². The third-order valence-corrected chi connectivity index (χ3v) is 11.7. The van der Waals surface area contributed by atoms with Crippen molar-refractivity contribution in [1.82, 2.24) is 4.90 Å². The van der Waals surface area contributed by atoms with Gasteiger partial charge < -0.3 is 31.5 Å². The van der Waals surface area contributed by atoms with E-state index in [1.54, 1.807) is 0 Å². The van der Waals surface area contributed by atoms with Crippen LogP contribution in [0.3, 0.4) is 0 Å². The van der Waals surface area contributed by atoms with Crippen LogP contribution in [0.1, 0.15) is 87.0 Å². The Balaban J connectivity index is 4.64. The lowest BCUT2D eigenvalue weighted by atomic mass is 10.2. The zero-order valence-corrected chi connectivity index (χ0v) is 24.9. The quantitative estimate of drug-likeness (QED) is 0.115. The van der Waals surface area contributed by atoms with Gasteiger partial charge in [-0.2, -0.15) is 0 Å². The summed E-state index contributed by atoms with van der Waals surface area (Å²) in [7, 11) is -5.05. The van der Waals surface area contributed by atoms with Gasteiger partial charge in [0.1, 0.15) is 0 Å². The second-order valence-corrected chi connectivity index (χ2v) is 13.5. The summed E-state index contributed by atoms with van der Waals surface area (Å²) in [5.41, 5.74) is 0. The molecule has 0 radical (unpaired) electrons. The molecule has 0 aliphatic heterocycles. The van der Waals surface area contributed by atoms with Crippen LogP contribution in [0.4, 0.5) is 0 Å². The standard InChI is InChI=1S/C24H55NO6Si2/c1-8-15-20-25(21-16-18-23-32(26-9-2,27-10-3)28-11-4)22-17-19-24-33(29-12-5,30-13-6)31-14-7/h8-24H2,1-7H3. The Morgan fingerprint density at radius 2 is 0.727 bits per heavy atom. The van der Waals surface area contributed by atoms with Gasteiger partial charge in [-0.15, -0.1) is 0 Å². The fraction of sp³-hybridized carbons (Fsp3) is 1.00. The molecule has 9 heteroatoms. The van der Waals surface area contributed by atoms with Gasteiger partial charge in [0.05, 0.1) is 0 Å². The van der Waals surface area contributed by atoms with Gasteiger partial charge in [0.25, 0.3) is 0 Å². The summed E-state index contributed by atoms with van der Waals surface area (Å²) in [6, 6.07) is 1.80. The summed E-state index contributed by atoms with van der Waals surface area (Å²) in [4.78, 5) is 2.61. The van der Waals surface area contributed by atoms with Crippen LogP contribution in [0.2, 0.25) is 12.1 Å². The van der Waals surface area contributed by atoms with Crippen molar-refractivity contribution in [2.75, 3.05) is 59.3 Å². The highest BCUT2D eigenvalue weighted by Gasteiger charge is 2.40. The van der Waals surface area contributed by atoms with Crippen molar-refractivity contribution in [1.29, 1.82) is 0 Å². The van der Waals surface area contributed by atoms with Crippen LogP contribution in [0, 0.1) is 0 Å². The van der Waals surface area contributed by atoms with E-state index in [-0.39, 0.29) is 0 Å². The summed E-state index contributed by atoms with van der Waals surface area (Å²) in [5.74, 6) is 0. The molecule has 0 aromatic carbocycles. The lowest BCUT2D eigenvalue weighted by Crippen LogP contribution is -2.46. The minimum Gasteiger partial charge on any atom is -0.374 e. The second-order valence-electron chi connectivity index (χ2n) is 8.07. The van der Waals surface area contributed by atoms with E-state index < -0.39 is 17.6 Å². The fourth-order valence-electron chi connectivity index (χ4n) is 4.07. The molecule has 0 heterocycles. The number of hydrogen-bond donors (Lipinski definition) is 0. The Kier molecular flexibility index (Phi) is 21.5. The molecule has 0 saturated carbocycles. The van der Waals surface area contributed by atoms with Crippen LogP contribution in [-0.4, -0.2) is 81.8 Å². The predicted octanol–water partition coefficient (Wildman–Crippen LogP) is 5.75. The second kappa shape index (κ2) is 21.4. The Morgan fingerprint density at radius 1 is 0.424 bits per heavy atom. The van der Waals surface area contributed by atoms with Crippen LogP contribution in [0.15, 0.2) is 0 Å². The van der Waals surface area contributed by atoms with E-state index in [0.29, 0.717) is 39.6 Å². The molecular formula is C24H55NO6Si2. The maximum atomic E-state index is 6.00. The van der Waals surface area contributed by atoms with Gasteiger partial charge in [-0.1, -0.05) is 13.3 Å². The molecule has 0 aliphatic rings. The van der Waals surface area contributed by atoms with Crippen LogP contribution < -0.4 is 0 Å². The van der Waals surface area contributed by atoms with E-state index in [1.165, 1.54) is 12.8 Å². The molecule has 0 aliphatic carbocycles. The summed E-state index contributed by atoms with van der Waals surface area (Å²) < 4.78 is 36.0. The van der Waals surface area contributed by atoms with E-state index in [1.807, 2.05) is 41.5 Å². The van der Waals surface area contributed by atoms with Gasteiger partial charge in [-0.3, -0.25) is 0 Å². The Labute approximate surface area is 207 Å². The SMILES string of the molecule is CCCCN(CCCC[Si](OCC)(OCC)OCC)CCCC[Si](OCC)(OCC)OCC. The summed E-state index contributed by atoms with van der Waals surface area (Å²) in [6.45, 7) is 21.6. The largest absolute Gasteiger partial charge is 0.500 e. The van der Waals surface area contributed by atoms with Crippen LogP contribution >= 0.6 is 0 Å². The summed E-state index contributed by atoms with van der Waals surface area (Å²) in [6.07, 6.45) is 6.89. The molecule has 7 nitrogen and oxygen atoms in total. The molecule has 0 rings (SSSR count). The zero-order valence-electron chi connectivity index (χ0n) is 22.9. The molecule has 0 amide bonds. The van der Waals surface area contributed by atoms with Crippen molar-refractivity contribution < 1.29 is 26.6 Å². The van der Waals surface area contributed by atoms with Crippen molar-refractivity contribution in [2.45, 2.75) is 99.1 Å². The Hall–Kier alpha value is 0.154. The fourth-order valence-corrected chi connectivity index (χ4v) is 9.44. The van der Waals surface area contributed by atoms with Gasteiger partial charge in [0.2, 0.25) is 0 Å². The highest BCUT2D eigenvalue weighted by molar-refractivity contribution is 6.61. The van der Waals surface area contributed by atoms with E-state index in [2.05, 4.69) is 11.8 Å².